The minimum Gasteiger partial charge on any atom is -0.466 e. The molecule has 1 aromatic heterocycles. The van der Waals surface area contributed by atoms with Crippen LogP contribution in [0.25, 0.3) is 10.9 Å². The van der Waals surface area contributed by atoms with Gasteiger partial charge in [0.1, 0.15) is 0 Å². The zero-order valence-corrected chi connectivity index (χ0v) is 13.5. The van der Waals surface area contributed by atoms with Gasteiger partial charge in [0.05, 0.1) is 12.6 Å². The number of ketones is 1. The number of esters is 1. The van der Waals surface area contributed by atoms with Crippen molar-refractivity contribution in [1.82, 2.24) is 4.57 Å². The number of benzene rings is 2. The molecular weight excluding hydrogens is 318 g/mol. The van der Waals surface area contributed by atoms with Crippen LogP contribution in [-0.4, -0.2) is 29.3 Å². The zero-order valence-electron chi connectivity index (χ0n) is 13.5. The lowest BCUT2D eigenvalue weighted by Gasteiger charge is -2.03. The molecule has 5 heteroatoms. The highest BCUT2D eigenvalue weighted by Gasteiger charge is 2.17. The van der Waals surface area contributed by atoms with Gasteiger partial charge in [-0.05, 0) is 24.3 Å². The number of ether oxygens (including phenoxy) is 1. The molecule has 0 saturated heterocycles. The number of methoxy groups -OCH3 is 1. The van der Waals surface area contributed by atoms with Crippen LogP contribution in [0.2, 0.25) is 0 Å². The van der Waals surface area contributed by atoms with Gasteiger partial charge in [-0.15, -0.1) is 0 Å². The number of hydrogen-bond acceptors (Lipinski definition) is 4. The van der Waals surface area contributed by atoms with Crippen molar-refractivity contribution in [2.75, 3.05) is 7.11 Å². The Morgan fingerprint density at radius 3 is 2.32 bits per heavy atom. The number of aromatic nitrogens is 1. The monoisotopic (exact) mass is 333 g/mol. The highest BCUT2D eigenvalue weighted by molar-refractivity contribution is 6.16. The maximum absolute atomic E-state index is 12.8. The van der Waals surface area contributed by atoms with Crippen LogP contribution >= 0.6 is 0 Å². The molecule has 0 spiro atoms. The van der Waals surface area contributed by atoms with Crippen LogP contribution in [0.3, 0.4) is 0 Å². The van der Waals surface area contributed by atoms with E-state index in [2.05, 4.69) is 4.74 Å². The SMILES string of the molecule is COC(=O)/C=C/C(=O)c1cn(C(=O)c2ccccc2)c2ccccc12. The van der Waals surface area contributed by atoms with Gasteiger partial charge in [-0.3, -0.25) is 14.2 Å². The first kappa shape index (κ1) is 16.4. The Morgan fingerprint density at radius 1 is 0.920 bits per heavy atom. The van der Waals surface area contributed by atoms with E-state index in [-0.39, 0.29) is 11.7 Å². The van der Waals surface area contributed by atoms with E-state index < -0.39 is 5.97 Å². The van der Waals surface area contributed by atoms with Crippen molar-refractivity contribution in [3.8, 4) is 0 Å². The Kier molecular flexibility index (Phi) is 4.57. The molecule has 0 N–H and O–H groups in total. The normalized spacial score (nSPS) is 10.9. The second-order valence-electron chi connectivity index (χ2n) is 5.32. The summed E-state index contributed by atoms with van der Waals surface area (Å²) in [6.07, 6.45) is 3.71. The Labute approximate surface area is 144 Å². The summed E-state index contributed by atoms with van der Waals surface area (Å²) in [5.74, 6) is -1.22. The summed E-state index contributed by atoms with van der Waals surface area (Å²) in [4.78, 5) is 36.4. The molecule has 0 saturated carbocycles. The Balaban J connectivity index is 2.07. The van der Waals surface area contributed by atoms with Crippen LogP contribution in [0.4, 0.5) is 0 Å². The Morgan fingerprint density at radius 2 is 1.60 bits per heavy atom. The van der Waals surface area contributed by atoms with Crippen LogP contribution in [-0.2, 0) is 9.53 Å². The number of rotatable bonds is 4. The maximum atomic E-state index is 12.8. The average molecular weight is 333 g/mol. The molecule has 0 fully saturated rings. The largest absolute Gasteiger partial charge is 0.466 e. The molecule has 0 radical (unpaired) electrons. The van der Waals surface area contributed by atoms with Crippen molar-refractivity contribution in [1.29, 1.82) is 0 Å². The summed E-state index contributed by atoms with van der Waals surface area (Å²) in [7, 11) is 1.24. The van der Waals surface area contributed by atoms with E-state index in [9.17, 15) is 14.4 Å². The lowest BCUT2D eigenvalue weighted by atomic mass is 10.1. The van der Waals surface area contributed by atoms with Gasteiger partial charge in [0, 0.05) is 28.8 Å². The van der Waals surface area contributed by atoms with Gasteiger partial charge in [-0.25, -0.2) is 4.79 Å². The van der Waals surface area contributed by atoms with Crippen molar-refractivity contribution in [2.24, 2.45) is 0 Å². The van der Waals surface area contributed by atoms with Crippen molar-refractivity contribution in [2.45, 2.75) is 0 Å². The van der Waals surface area contributed by atoms with Gasteiger partial charge in [-0.1, -0.05) is 36.4 Å². The molecule has 3 aromatic rings. The number of fused-ring (bicyclic) bond motifs is 1. The van der Waals surface area contributed by atoms with Crippen molar-refractivity contribution in [3.63, 3.8) is 0 Å². The fraction of sp³-hybridized carbons (Fsp3) is 0.0500. The molecule has 0 unspecified atom stereocenters. The molecule has 0 aliphatic carbocycles. The molecular formula is C20H15NO4. The van der Waals surface area contributed by atoms with Crippen LogP contribution in [0.1, 0.15) is 20.7 Å². The Hall–Kier alpha value is -3.47. The molecule has 3 rings (SSSR count). The second kappa shape index (κ2) is 6.97. The van der Waals surface area contributed by atoms with Gasteiger partial charge < -0.3 is 4.74 Å². The number of hydrogen-bond donors (Lipinski definition) is 0. The van der Waals surface area contributed by atoms with E-state index in [0.29, 0.717) is 22.0 Å². The standard InChI is InChI=1S/C20H15NO4/c1-25-19(23)12-11-18(22)16-13-21(17-10-6-5-9-15(16)17)20(24)14-7-3-2-4-8-14/h2-13H,1H3/b12-11+. The molecule has 0 bridgehead atoms. The van der Waals surface area contributed by atoms with Crippen molar-refractivity contribution in [3.05, 3.63) is 84.1 Å². The predicted octanol–water partition coefficient (Wildman–Crippen LogP) is 3.24. The molecule has 5 nitrogen and oxygen atoms in total. The molecule has 0 amide bonds. The van der Waals surface area contributed by atoms with Crippen LogP contribution in [0, 0.1) is 0 Å². The average Bonchev–Trinajstić information content (AvgIpc) is 3.05. The summed E-state index contributed by atoms with van der Waals surface area (Å²) in [6.45, 7) is 0. The minimum absolute atomic E-state index is 0.229. The minimum atomic E-state index is -0.613. The number of allylic oxidation sites excluding steroid dienone is 1. The summed E-state index contributed by atoms with van der Waals surface area (Å²) in [6, 6.07) is 16.0. The van der Waals surface area contributed by atoms with E-state index in [1.165, 1.54) is 17.9 Å². The molecule has 0 aliphatic heterocycles. The third-order valence-electron chi connectivity index (χ3n) is 3.79. The summed E-state index contributed by atoms with van der Waals surface area (Å²) in [5, 5.41) is 0.645. The fourth-order valence-corrected chi connectivity index (χ4v) is 2.57. The van der Waals surface area contributed by atoms with E-state index in [1.807, 2.05) is 6.07 Å². The van der Waals surface area contributed by atoms with Gasteiger partial charge >= 0.3 is 5.97 Å². The molecule has 25 heavy (non-hydrogen) atoms. The summed E-state index contributed by atoms with van der Waals surface area (Å²) < 4.78 is 5.94. The molecule has 0 atom stereocenters. The highest BCUT2D eigenvalue weighted by Crippen LogP contribution is 2.23. The number of carbonyl (C=O) groups is 3. The zero-order chi connectivity index (χ0) is 17.8. The smallest absolute Gasteiger partial charge is 0.330 e. The first-order valence-electron chi connectivity index (χ1n) is 7.62. The quantitative estimate of drug-likeness (QED) is 0.418. The van der Waals surface area contributed by atoms with Gasteiger partial charge in [-0.2, -0.15) is 0 Å². The number of nitrogens with zero attached hydrogens (tertiary/aromatic N) is 1. The van der Waals surface area contributed by atoms with E-state index >= 15 is 0 Å². The van der Waals surface area contributed by atoms with Crippen LogP contribution in [0.5, 0.6) is 0 Å². The lowest BCUT2D eigenvalue weighted by Crippen LogP contribution is -2.10. The highest BCUT2D eigenvalue weighted by atomic mass is 16.5. The third-order valence-corrected chi connectivity index (χ3v) is 3.79. The molecule has 1 heterocycles. The predicted molar refractivity (Wildman–Crippen MR) is 93.6 cm³/mol. The number of carbonyl (C=O) groups excluding carboxylic acids is 3. The first-order valence-corrected chi connectivity index (χ1v) is 7.62. The Bertz CT molecular complexity index is 983. The number of para-hydroxylation sites is 1. The van der Waals surface area contributed by atoms with Crippen molar-refractivity contribution < 1.29 is 19.1 Å². The summed E-state index contributed by atoms with van der Waals surface area (Å²) >= 11 is 0. The van der Waals surface area contributed by atoms with E-state index in [1.54, 1.807) is 48.5 Å². The molecule has 0 aliphatic rings. The van der Waals surface area contributed by atoms with Gasteiger partial charge in [0.25, 0.3) is 5.91 Å². The lowest BCUT2D eigenvalue weighted by molar-refractivity contribution is -0.134. The van der Waals surface area contributed by atoms with Gasteiger partial charge in [0.15, 0.2) is 5.78 Å². The molecule has 124 valence electrons. The van der Waals surface area contributed by atoms with E-state index in [4.69, 9.17) is 0 Å². The van der Waals surface area contributed by atoms with Crippen LogP contribution < -0.4 is 0 Å². The first-order chi connectivity index (χ1) is 12.1. The van der Waals surface area contributed by atoms with Crippen molar-refractivity contribution >= 4 is 28.6 Å². The third kappa shape index (κ3) is 3.26. The second-order valence-corrected chi connectivity index (χ2v) is 5.32. The van der Waals surface area contributed by atoms with Crippen LogP contribution in [0.15, 0.2) is 72.9 Å². The van der Waals surface area contributed by atoms with E-state index in [0.717, 1.165) is 12.2 Å². The molecule has 2 aromatic carbocycles. The van der Waals surface area contributed by atoms with Gasteiger partial charge in [0.2, 0.25) is 0 Å². The summed E-state index contributed by atoms with van der Waals surface area (Å²) in [5.41, 5.74) is 1.50. The topological polar surface area (TPSA) is 65.4 Å². The fourth-order valence-electron chi connectivity index (χ4n) is 2.57. The maximum Gasteiger partial charge on any atom is 0.330 e.